The highest BCUT2D eigenvalue weighted by molar-refractivity contribution is 5.93. The molecule has 0 aromatic heterocycles. The summed E-state index contributed by atoms with van der Waals surface area (Å²) in [5, 5.41) is 0. The Bertz CT molecular complexity index is 589. The van der Waals surface area contributed by atoms with Crippen molar-refractivity contribution in [3.63, 3.8) is 0 Å². The normalized spacial score (nSPS) is 21.4. The zero-order valence-electron chi connectivity index (χ0n) is 15.7. The van der Waals surface area contributed by atoms with E-state index in [2.05, 4.69) is 18.7 Å². The van der Waals surface area contributed by atoms with Crippen LogP contribution < -0.4 is 9.47 Å². The first kappa shape index (κ1) is 19.5. The van der Waals surface area contributed by atoms with Gasteiger partial charge in [-0.25, -0.2) is 0 Å². The van der Waals surface area contributed by atoms with Crippen LogP contribution in [0.25, 0.3) is 6.08 Å². The minimum atomic E-state index is 0.125. The zero-order chi connectivity index (χ0) is 18.2. The fourth-order valence-electron chi connectivity index (χ4n) is 3.07. The van der Waals surface area contributed by atoms with Crippen molar-refractivity contribution in [2.24, 2.45) is 0 Å². The second kappa shape index (κ2) is 9.59. The van der Waals surface area contributed by atoms with Crippen LogP contribution >= 0.6 is 0 Å². The summed E-state index contributed by atoms with van der Waals surface area (Å²) in [4.78, 5) is 14.4. The van der Waals surface area contributed by atoms with Crippen LogP contribution in [0.15, 0.2) is 24.3 Å². The summed E-state index contributed by atoms with van der Waals surface area (Å²) in [6.45, 7) is 9.21. The molecular formula is C20H29NO4. The Morgan fingerprint density at radius 3 is 2.64 bits per heavy atom. The van der Waals surface area contributed by atoms with Gasteiger partial charge in [0.15, 0.2) is 17.3 Å². The molecule has 1 aromatic rings. The van der Waals surface area contributed by atoms with E-state index in [-0.39, 0.29) is 18.0 Å². The number of benzene rings is 1. The topological polar surface area (TPSA) is 48.0 Å². The van der Waals surface area contributed by atoms with Gasteiger partial charge < -0.3 is 14.2 Å². The minimum Gasteiger partial charge on any atom is -0.493 e. The third kappa shape index (κ3) is 6.18. The number of ether oxygens (including phenoxy) is 3. The first-order chi connectivity index (χ1) is 12.0. The van der Waals surface area contributed by atoms with E-state index in [0.717, 1.165) is 25.2 Å². The largest absolute Gasteiger partial charge is 0.493 e. The van der Waals surface area contributed by atoms with Gasteiger partial charge in [-0.1, -0.05) is 12.1 Å². The van der Waals surface area contributed by atoms with Crippen LogP contribution in [-0.2, 0) is 9.53 Å². The third-order valence-corrected chi connectivity index (χ3v) is 4.12. The molecule has 2 unspecified atom stereocenters. The molecule has 1 fully saturated rings. The monoisotopic (exact) mass is 347 g/mol. The van der Waals surface area contributed by atoms with E-state index in [0.29, 0.717) is 24.5 Å². The van der Waals surface area contributed by atoms with Crippen molar-refractivity contribution >= 4 is 11.9 Å². The maximum atomic E-state index is 12.1. The molecule has 0 bridgehead atoms. The Morgan fingerprint density at radius 2 is 2.00 bits per heavy atom. The molecular weight excluding hydrogens is 318 g/mol. The number of ketones is 1. The minimum absolute atomic E-state index is 0.125. The van der Waals surface area contributed by atoms with Gasteiger partial charge in [0.25, 0.3) is 0 Å². The average Bonchev–Trinajstić information content (AvgIpc) is 2.58. The summed E-state index contributed by atoms with van der Waals surface area (Å²) in [6.07, 6.45) is 4.44. The Labute approximate surface area is 150 Å². The van der Waals surface area contributed by atoms with Gasteiger partial charge in [-0.3, -0.25) is 9.69 Å². The predicted molar refractivity (Wildman–Crippen MR) is 99.3 cm³/mol. The van der Waals surface area contributed by atoms with Crippen molar-refractivity contribution in [3.8, 4) is 11.5 Å². The number of nitrogens with zero attached hydrogens (tertiary/aromatic N) is 1. The van der Waals surface area contributed by atoms with Crippen LogP contribution in [0, 0.1) is 0 Å². The van der Waals surface area contributed by atoms with Crippen molar-refractivity contribution in [1.29, 1.82) is 0 Å². The Morgan fingerprint density at radius 1 is 1.28 bits per heavy atom. The number of morpholine rings is 1. The lowest BCUT2D eigenvalue weighted by atomic mass is 10.1. The maximum absolute atomic E-state index is 12.1. The number of hydrogen-bond donors (Lipinski definition) is 0. The van der Waals surface area contributed by atoms with Crippen molar-refractivity contribution in [1.82, 2.24) is 4.90 Å². The number of carbonyl (C=O) groups is 1. The van der Waals surface area contributed by atoms with Crippen LogP contribution in [0.3, 0.4) is 0 Å². The van der Waals surface area contributed by atoms with E-state index < -0.39 is 0 Å². The van der Waals surface area contributed by atoms with Crippen LogP contribution in [0.4, 0.5) is 0 Å². The van der Waals surface area contributed by atoms with Gasteiger partial charge in [-0.2, -0.15) is 0 Å². The highest BCUT2D eigenvalue weighted by atomic mass is 16.5. The Kier molecular flexibility index (Phi) is 7.47. The van der Waals surface area contributed by atoms with Gasteiger partial charge in [-0.05, 0) is 44.5 Å². The molecule has 1 saturated heterocycles. The Balaban J connectivity index is 1.87. The molecule has 2 atom stereocenters. The molecule has 1 aliphatic rings. The molecule has 0 N–H and O–H groups in total. The van der Waals surface area contributed by atoms with E-state index in [4.69, 9.17) is 14.2 Å². The van der Waals surface area contributed by atoms with E-state index >= 15 is 0 Å². The number of allylic oxidation sites excluding steroid dienone is 1. The number of rotatable bonds is 8. The molecule has 1 heterocycles. The van der Waals surface area contributed by atoms with Gasteiger partial charge in [0.05, 0.1) is 25.9 Å². The number of carbonyl (C=O) groups excluding carboxylic acids is 1. The summed E-state index contributed by atoms with van der Waals surface area (Å²) in [6, 6.07) is 5.66. The van der Waals surface area contributed by atoms with Crippen molar-refractivity contribution in [2.45, 2.75) is 39.4 Å². The van der Waals surface area contributed by atoms with Gasteiger partial charge in [0, 0.05) is 26.1 Å². The fraction of sp³-hybridized carbons (Fsp3) is 0.550. The first-order valence-corrected chi connectivity index (χ1v) is 8.91. The van der Waals surface area contributed by atoms with Crippen molar-refractivity contribution in [2.75, 3.05) is 33.4 Å². The van der Waals surface area contributed by atoms with Crippen LogP contribution in [-0.4, -0.2) is 56.2 Å². The number of methoxy groups -OCH3 is 1. The first-order valence-electron chi connectivity index (χ1n) is 8.91. The zero-order valence-corrected chi connectivity index (χ0v) is 15.7. The second-order valence-electron chi connectivity index (χ2n) is 6.41. The average molecular weight is 347 g/mol. The van der Waals surface area contributed by atoms with Gasteiger partial charge in [0.1, 0.15) is 0 Å². The van der Waals surface area contributed by atoms with Gasteiger partial charge in [0.2, 0.25) is 0 Å². The summed E-state index contributed by atoms with van der Waals surface area (Å²) in [7, 11) is 1.61. The number of hydrogen-bond acceptors (Lipinski definition) is 5. The lowest BCUT2D eigenvalue weighted by Gasteiger charge is -2.35. The van der Waals surface area contributed by atoms with E-state index in [1.807, 2.05) is 31.2 Å². The molecule has 0 amide bonds. The van der Waals surface area contributed by atoms with E-state index in [9.17, 15) is 4.79 Å². The molecule has 5 heteroatoms. The quantitative estimate of drug-likeness (QED) is 0.676. The highest BCUT2D eigenvalue weighted by Gasteiger charge is 2.21. The summed E-state index contributed by atoms with van der Waals surface area (Å²) >= 11 is 0. The van der Waals surface area contributed by atoms with Gasteiger partial charge >= 0.3 is 0 Å². The van der Waals surface area contributed by atoms with E-state index in [1.54, 1.807) is 13.2 Å². The molecule has 25 heavy (non-hydrogen) atoms. The Hall–Kier alpha value is -1.85. The molecule has 0 aliphatic carbocycles. The van der Waals surface area contributed by atoms with Crippen LogP contribution in [0.1, 0.15) is 32.8 Å². The van der Waals surface area contributed by atoms with E-state index in [1.165, 1.54) is 0 Å². The van der Waals surface area contributed by atoms with Gasteiger partial charge in [-0.15, -0.1) is 0 Å². The van der Waals surface area contributed by atoms with Crippen molar-refractivity contribution < 1.29 is 19.0 Å². The molecule has 0 saturated carbocycles. The fourth-order valence-corrected chi connectivity index (χ4v) is 3.07. The SMILES string of the molecule is CCOc1ccc(C=CC(=O)CCN2CC(C)OC(C)C2)cc1OC. The molecule has 1 aliphatic heterocycles. The van der Waals surface area contributed by atoms with Crippen LogP contribution in [0.5, 0.6) is 11.5 Å². The van der Waals surface area contributed by atoms with Crippen molar-refractivity contribution in [3.05, 3.63) is 29.8 Å². The molecule has 2 rings (SSSR count). The molecule has 5 nitrogen and oxygen atoms in total. The lowest BCUT2D eigenvalue weighted by Crippen LogP contribution is -2.45. The standard InChI is InChI=1S/C20H29NO4/c1-5-24-19-9-7-17(12-20(19)23-4)6-8-18(22)10-11-21-13-15(2)25-16(3)14-21/h6-9,12,15-16H,5,10-11,13-14H2,1-4H3. The molecule has 138 valence electrons. The summed E-state index contributed by atoms with van der Waals surface area (Å²) < 4.78 is 16.5. The molecule has 1 aromatic carbocycles. The molecule has 0 radical (unpaired) electrons. The summed E-state index contributed by atoms with van der Waals surface area (Å²) in [5.74, 6) is 1.51. The predicted octanol–water partition coefficient (Wildman–Crippen LogP) is 3.18. The van der Waals surface area contributed by atoms with Crippen LogP contribution in [0.2, 0.25) is 0 Å². The summed E-state index contributed by atoms with van der Waals surface area (Å²) in [5.41, 5.74) is 0.919. The highest BCUT2D eigenvalue weighted by Crippen LogP contribution is 2.28. The lowest BCUT2D eigenvalue weighted by molar-refractivity contribution is -0.116. The second-order valence-corrected chi connectivity index (χ2v) is 6.41. The maximum Gasteiger partial charge on any atom is 0.161 e. The molecule has 0 spiro atoms. The third-order valence-electron chi connectivity index (χ3n) is 4.12. The smallest absolute Gasteiger partial charge is 0.161 e.